The summed E-state index contributed by atoms with van der Waals surface area (Å²) >= 11 is 5.67. The molecule has 5 heteroatoms. The van der Waals surface area contributed by atoms with E-state index in [1.54, 1.807) is 12.1 Å². The van der Waals surface area contributed by atoms with Crippen molar-refractivity contribution in [1.82, 2.24) is 8.75 Å². The van der Waals surface area contributed by atoms with Crippen LogP contribution in [0.5, 0.6) is 0 Å². The highest BCUT2D eigenvalue weighted by Gasteiger charge is 2.11. The first-order valence-corrected chi connectivity index (χ1v) is 6.42. The quantitative estimate of drug-likeness (QED) is 0.688. The van der Waals surface area contributed by atoms with Crippen molar-refractivity contribution in [2.45, 2.75) is 4.90 Å². The first-order chi connectivity index (χ1) is 8.79. The minimum Gasteiger partial charge on any atom is -0.192 e. The van der Waals surface area contributed by atoms with Crippen LogP contribution in [-0.2, 0) is 0 Å². The molecule has 86 valence electrons. The molecule has 0 bridgehead atoms. The molecule has 0 unspecified atom stereocenters. The van der Waals surface area contributed by atoms with E-state index in [0.717, 1.165) is 27.1 Å². The van der Waals surface area contributed by atoms with Crippen molar-refractivity contribution >= 4 is 35.4 Å². The lowest BCUT2D eigenvalue weighted by Gasteiger charge is -2.05. The molecule has 3 aromatic rings. The predicted octanol–water partition coefficient (Wildman–Crippen LogP) is 3.52. The maximum absolute atomic E-state index is 8.81. The molecule has 18 heavy (non-hydrogen) atoms. The molecule has 0 N–H and O–H groups in total. The van der Waals surface area contributed by atoms with E-state index >= 15 is 0 Å². The maximum atomic E-state index is 8.81. The van der Waals surface area contributed by atoms with Gasteiger partial charge in [-0.25, -0.2) is 0 Å². The zero-order valence-corrected chi connectivity index (χ0v) is 10.9. The molecule has 1 aromatic heterocycles. The van der Waals surface area contributed by atoms with Crippen LogP contribution in [0.4, 0.5) is 0 Å². The molecule has 3 rings (SSSR count). The lowest BCUT2D eigenvalue weighted by atomic mass is 10.0. The van der Waals surface area contributed by atoms with Gasteiger partial charge in [0.2, 0.25) is 0 Å². The van der Waals surface area contributed by atoms with Crippen molar-refractivity contribution in [3.8, 4) is 17.2 Å². The average molecular weight is 269 g/mol. The Morgan fingerprint density at radius 2 is 1.83 bits per heavy atom. The average Bonchev–Trinajstić information content (AvgIpc) is 2.87. The van der Waals surface area contributed by atoms with Gasteiger partial charge in [-0.05, 0) is 29.8 Å². The summed E-state index contributed by atoms with van der Waals surface area (Å²) in [6.45, 7) is 0. The Balaban J connectivity index is 2.27. The van der Waals surface area contributed by atoms with E-state index < -0.39 is 0 Å². The molecule has 0 saturated carbocycles. The van der Waals surface area contributed by atoms with Gasteiger partial charge in [-0.3, -0.25) is 0 Å². The zero-order valence-electron chi connectivity index (χ0n) is 9.16. The molecule has 0 saturated heterocycles. The molecule has 0 radical (unpaired) electrons. The van der Waals surface area contributed by atoms with E-state index in [1.165, 1.54) is 11.7 Å². The monoisotopic (exact) mass is 269 g/mol. The van der Waals surface area contributed by atoms with Gasteiger partial charge in [0.1, 0.15) is 11.0 Å². The molecule has 0 aliphatic carbocycles. The largest absolute Gasteiger partial charge is 0.192 e. The van der Waals surface area contributed by atoms with Gasteiger partial charge in [-0.15, -0.1) is 12.6 Å². The van der Waals surface area contributed by atoms with E-state index in [0.29, 0.717) is 5.56 Å². The number of rotatable bonds is 1. The molecule has 0 amide bonds. The van der Waals surface area contributed by atoms with Crippen LogP contribution in [-0.4, -0.2) is 8.75 Å². The fraction of sp³-hybridized carbons (Fsp3) is 0. The number of hydrogen-bond donors (Lipinski definition) is 1. The van der Waals surface area contributed by atoms with Crippen molar-refractivity contribution < 1.29 is 0 Å². The highest BCUT2D eigenvalue weighted by Crippen LogP contribution is 2.33. The molecule has 0 aliphatic heterocycles. The Morgan fingerprint density at radius 1 is 1.06 bits per heavy atom. The van der Waals surface area contributed by atoms with E-state index in [-0.39, 0.29) is 0 Å². The van der Waals surface area contributed by atoms with Gasteiger partial charge >= 0.3 is 0 Å². The molecule has 0 fully saturated rings. The summed E-state index contributed by atoms with van der Waals surface area (Å²) in [5.74, 6) is 0. The van der Waals surface area contributed by atoms with Crippen molar-refractivity contribution in [2.75, 3.05) is 0 Å². The van der Waals surface area contributed by atoms with Gasteiger partial charge in [-0.2, -0.15) is 14.0 Å². The number of aromatic nitrogens is 2. The third-order valence-corrected chi connectivity index (χ3v) is 3.62. The lowest BCUT2D eigenvalue weighted by Crippen LogP contribution is -1.84. The first kappa shape index (κ1) is 11.2. The molecule has 1 heterocycles. The number of thiol groups is 1. The topological polar surface area (TPSA) is 49.6 Å². The molecule has 0 spiro atoms. The minimum absolute atomic E-state index is 0.642. The van der Waals surface area contributed by atoms with Gasteiger partial charge < -0.3 is 0 Å². The Kier molecular flexibility index (Phi) is 2.74. The van der Waals surface area contributed by atoms with Crippen LogP contribution in [0, 0.1) is 11.3 Å². The number of fused-ring (bicyclic) bond motifs is 1. The number of nitriles is 1. The van der Waals surface area contributed by atoms with Crippen molar-refractivity contribution in [3.63, 3.8) is 0 Å². The highest BCUT2D eigenvalue weighted by atomic mass is 32.1. The summed E-state index contributed by atoms with van der Waals surface area (Å²) in [6, 6.07) is 13.3. The van der Waals surface area contributed by atoms with Gasteiger partial charge in [-0.1, -0.05) is 12.1 Å². The Hall–Kier alpha value is -1.90. The fourth-order valence-electron chi connectivity index (χ4n) is 1.84. The molecule has 0 aliphatic rings. The Morgan fingerprint density at radius 3 is 2.56 bits per heavy atom. The van der Waals surface area contributed by atoms with Crippen molar-refractivity contribution in [3.05, 3.63) is 42.0 Å². The predicted molar refractivity (Wildman–Crippen MR) is 74.8 cm³/mol. The van der Waals surface area contributed by atoms with Gasteiger partial charge in [0.25, 0.3) is 0 Å². The SMILES string of the molecule is N#Cc1ccc(-c2c(S)ccc3nsnc23)cc1. The Bertz CT molecular complexity index is 754. The van der Waals surface area contributed by atoms with Crippen molar-refractivity contribution in [2.24, 2.45) is 0 Å². The van der Waals surface area contributed by atoms with E-state index in [4.69, 9.17) is 5.26 Å². The fourth-order valence-corrected chi connectivity index (χ4v) is 2.69. The molecular weight excluding hydrogens is 262 g/mol. The third kappa shape index (κ3) is 1.76. The third-order valence-electron chi connectivity index (χ3n) is 2.71. The van der Waals surface area contributed by atoms with Crippen LogP contribution < -0.4 is 0 Å². The number of hydrogen-bond acceptors (Lipinski definition) is 5. The van der Waals surface area contributed by atoms with Crippen LogP contribution in [0.2, 0.25) is 0 Å². The molecule has 3 nitrogen and oxygen atoms in total. The standard InChI is InChI=1S/C13H7N3S2/c14-7-8-1-3-9(4-2-8)12-11(17)6-5-10-13(12)16-18-15-10/h1-6,17H. The second-order valence-corrected chi connectivity index (χ2v) is 4.79. The summed E-state index contributed by atoms with van der Waals surface area (Å²) in [7, 11) is 0. The second kappa shape index (κ2) is 4.41. The number of benzene rings is 2. The van der Waals surface area contributed by atoms with Gasteiger partial charge in [0.15, 0.2) is 0 Å². The van der Waals surface area contributed by atoms with Crippen LogP contribution in [0.3, 0.4) is 0 Å². The molecule has 2 aromatic carbocycles. The maximum Gasteiger partial charge on any atom is 0.113 e. The summed E-state index contributed by atoms with van der Waals surface area (Å²) in [6.07, 6.45) is 0. The van der Waals surface area contributed by atoms with Crippen LogP contribution in [0.15, 0.2) is 41.3 Å². The van der Waals surface area contributed by atoms with Crippen LogP contribution in [0.25, 0.3) is 22.2 Å². The van der Waals surface area contributed by atoms with E-state index in [1.807, 2.05) is 24.3 Å². The smallest absolute Gasteiger partial charge is 0.113 e. The van der Waals surface area contributed by atoms with Gasteiger partial charge in [0.05, 0.1) is 23.4 Å². The summed E-state index contributed by atoms with van der Waals surface area (Å²) in [5.41, 5.74) is 4.34. The first-order valence-electron chi connectivity index (χ1n) is 5.24. The summed E-state index contributed by atoms with van der Waals surface area (Å²) < 4.78 is 8.54. The van der Waals surface area contributed by atoms with E-state index in [9.17, 15) is 0 Å². The molecular formula is C13H7N3S2. The summed E-state index contributed by atoms with van der Waals surface area (Å²) in [4.78, 5) is 0.861. The van der Waals surface area contributed by atoms with Crippen molar-refractivity contribution in [1.29, 1.82) is 5.26 Å². The number of nitrogens with zero attached hydrogens (tertiary/aromatic N) is 3. The second-order valence-electron chi connectivity index (χ2n) is 3.78. The van der Waals surface area contributed by atoms with E-state index in [2.05, 4.69) is 27.4 Å². The normalized spacial score (nSPS) is 10.4. The summed E-state index contributed by atoms with van der Waals surface area (Å²) in [5, 5.41) is 8.81. The van der Waals surface area contributed by atoms with Gasteiger partial charge in [0, 0.05) is 10.5 Å². The Labute approximate surface area is 113 Å². The van der Waals surface area contributed by atoms with Crippen LogP contribution >= 0.6 is 24.4 Å². The molecule has 0 atom stereocenters. The lowest BCUT2D eigenvalue weighted by molar-refractivity contribution is 1.45. The minimum atomic E-state index is 0.642. The van der Waals surface area contributed by atoms with Crippen LogP contribution in [0.1, 0.15) is 5.56 Å². The zero-order chi connectivity index (χ0) is 12.5. The highest BCUT2D eigenvalue weighted by molar-refractivity contribution is 7.80.